The summed E-state index contributed by atoms with van der Waals surface area (Å²) >= 11 is 3.44. The van der Waals surface area contributed by atoms with Gasteiger partial charge in [0.05, 0.1) is 13.2 Å². The van der Waals surface area contributed by atoms with E-state index in [0.717, 1.165) is 62.4 Å². The summed E-state index contributed by atoms with van der Waals surface area (Å²) in [7, 11) is 0. The van der Waals surface area contributed by atoms with Crippen LogP contribution < -0.4 is 5.32 Å². The molecule has 21 heavy (non-hydrogen) atoms. The van der Waals surface area contributed by atoms with E-state index in [1.165, 1.54) is 0 Å². The lowest BCUT2D eigenvalue weighted by molar-refractivity contribution is 0.0374. The van der Waals surface area contributed by atoms with Gasteiger partial charge in [0.15, 0.2) is 0 Å². The van der Waals surface area contributed by atoms with Crippen LogP contribution in [-0.2, 0) is 11.3 Å². The molecule has 1 aromatic rings. The van der Waals surface area contributed by atoms with Gasteiger partial charge in [0.25, 0.3) is 5.91 Å². The van der Waals surface area contributed by atoms with Gasteiger partial charge in [0.2, 0.25) is 0 Å². The number of morpholine rings is 1. The molecule has 0 aliphatic carbocycles. The van der Waals surface area contributed by atoms with Gasteiger partial charge < -0.3 is 14.6 Å². The molecule has 6 heteroatoms. The van der Waals surface area contributed by atoms with Gasteiger partial charge in [0, 0.05) is 36.8 Å². The molecule has 1 N–H and O–H groups in total. The molecule has 0 atom stereocenters. The largest absolute Gasteiger partial charge is 0.379 e. The fourth-order valence-corrected chi connectivity index (χ4v) is 2.97. The van der Waals surface area contributed by atoms with Gasteiger partial charge in [-0.3, -0.25) is 9.69 Å². The van der Waals surface area contributed by atoms with Crippen molar-refractivity contribution >= 4 is 21.8 Å². The molecule has 1 amide bonds. The van der Waals surface area contributed by atoms with Gasteiger partial charge >= 0.3 is 0 Å². The predicted molar refractivity (Wildman–Crippen MR) is 86.6 cm³/mol. The van der Waals surface area contributed by atoms with Crippen molar-refractivity contribution in [3.8, 4) is 0 Å². The van der Waals surface area contributed by atoms with E-state index in [9.17, 15) is 4.79 Å². The summed E-state index contributed by atoms with van der Waals surface area (Å²) in [6.45, 7) is 8.35. The minimum atomic E-state index is 0.0103. The first-order valence-electron chi connectivity index (χ1n) is 7.64. The van der Waals surface area contributed by atoms with Crippen molar-refractivity contribution < 1.29 is 9.53 Å². The standard InChI is InChI=1S/C15H24BrN3O2/c1-2-5-19-12-13(16)11-14(19)15(20)17-4-3-6-18-7-9-21-10-8-18/h11-12H,2-10H2,1H3,(H,17,20). The molecule has 0 saturated carbocycles. The van der Waals surface area contributed by atoms with Crippen molar-refractivity contribution in [2.24, 2.45) is 0 Å². The topological polar surface area (TPSA) is 46.5 Å². The molecule has 0 unspecified atom stereocenters. The van der Waals surface area contributed by atoms with Crippen LogP contribution in [0.5, 0.6) is 0 Å². The van der Waals surface area contributed by atoms with E-state index < -0.39 is 0 Å². The van der Waals surface area contributed by atoms with Crippen LogP contribution in [0.25, 0.3) is 0 Å². The van der Waals surface area contributed by atoms with Crippen molar-refractivity contribution in [1.82, 2.24) is 14.8 Å². The first-order chi connectivity index (χ1) is 10.2. The Kier molecular flexibility index (Phi) is 6.73. The van der Waals surface area contributed by atoms with Crippen LogP contribution in [0, 0.1) is 0 Å². The van der Waals surface area contributed by atoms with Gasteiger partial charge in [-0.25, -0.2) is 0 Å². The van der Waals surface area contributed by atoms with Crippen molar-refractivity contribution in [2.45, 2.75) is 26.3 Å². The minimum Gasteiger partial charge on any atom is -0.379 e. The lowest BCUT2D eigenvalue weighted by Gasteiger charge is -2.26. The number of nitrogens with zero attached hydrogens (tertiary/aromatic N) is 2. The van der Waals surface area contributed by atoms with Crippen LogP contribution in [0.2, 0.25) is 0 Å². The number of carbonyl (C=O) groups is 1. The van der Waals surface area contributed by atoms with Crippen molar-refractivity contribution in [2.75, 3.05) is 39.4 Å². The molecule has 0 bridgehead atoms. The van der Waals surface area contributed by atoms with Crippen molar-refractivity contribution in [3.05, 3.63) is 22.4 Å². The zero-order valence-corrected chi connectivity index (χ0v) is 14.2. The maximum Gasteiger partial charge on any atom is 0.267 e. The summed E-state index contributed by atoms with van der Waals surface area (Å²) in [6, 6.07) is 1.88. The van der Waals surface area contributed by atoms with Crippen molar-refractivity contribution in [3.63, 3.8) is 0 Å². The zero-order chi connectivity index (χ0) is 15.1. The third-order valence-electron chi connectivity index (χ3n) is 3.60. The van der Waals surface area contributed by atoms with Crippen LogP contribution in [0.4, 0.5) is 0 Å². The first-order valence-corrected chi connectivity index (χ1v) is 8.44. The smallest absolute Gasteiger partial charge is 0.267 e. The Morgan fingerprint density at radius 1 is 1.38 bits per heavy atom. The van der Waals surface area contributed by atoms with E-state index in [2.05, 4.69) is 33.1 Å². The van der Waals surface area contributed by atoms with Crippen LogP contribution in [0.3, 0.4) is 0 Å². The van der Waals surface area contributed by atoms with E-state index in [1.54, 1.807) is 0 Å². The monoisotopic (exact) mass is 357 g/mol. The average molecular weight is 358 g/mol. The number of amides is 1. The SMILES string of the molecule is CCCn1cc(Br)cc1C(=O)NCCCN1CCOCC1. The van der Waals surface area contributed by atoms with Crippen LogP contribution >= 0.6 is 15.9 Å². The van der Waals surface area contributed by atoms with Crippen LogP contribution in [0.1, 0.15) is 30.3 Å². The summed E-state index contributed by atoms with van der Waals surface area (Å²) in [6.07, 6.45) is 3.95. The highest BCUT2D eigenvalue weighted by atomic mass is 79.9. The highest BCUT2D eigenvalue weighted by Crippen LogP contribution is 2.15. The molecular formula is C15H24BrN3O2. The molecule has 1 aromatic heterocycles. The summed E-state index contributed by atoms with van der Waals surface area (Å²) in [5, 5.41) is 3.01. The molecule has 1 aliphatic rings. The quantitative estimate of drug-likeness (QED) is 0.760. The summed E-state index contributed by atoms with van der Waals surface area (Å²) in [4.78, 5) is 14.6. The van der Waals surface area contributed by atoms with E-state index in [-0.39, 0.29) is 5.91 Å². The maximum absolute atomic E-state index is 12.2. The third kappa shape index (κ3) is 5.13. The van der Waals surface area contributed by atoms with E-state index in [0.29, 0.717) is 6.54 Å². The summed E-state index contributed by atoms with van der Waals surface area (Å²) < 4.78 is 8.28. The van der Waals surface area contributed by atoms with Gasteiger partial charge in [-0.05, 0) is 41.4 Å². The average Bonchev–Trinajstić information content (AvgIpc) is 2.86. The number of aryl methyl sites for hydroxylation is 1. The number of nitrogens with one attached hydrogen (secondary N) is 1. The number of ether oxygens (including phenoxy) is 1. The van der Waals surface area contributed by atoms with E-state index in [1.807, 2.05) is 16.8 Å². The van der Waals surface area contributed by atoms with Gasteiger partial charge in [-0.1, -0.05) is 6.92 Å². The Labute approximate surface area is 134 Å². The molecule has 0 spiro atoms. The second-order valence-corrected chi connectivity index (χ2v) is 6.22. The number of hydrogen-bond donors (Lipinski definition) is 1. The molecule has 1 saturated heterocycles. The summed E-state index contributed by atoms with van der Waals surface area (Å²) in [5.41, 5.74) is 0.732. The number of halogens is 1. The predicted octanol–water partition coefficient (Wildman–Crippen LogP) is 2.11. The Morgan fingerprint density at radius 3 is 2.86 bits per heavy atom. The molecule has 2 heterocycles. The molecule has 2 rings (SSSR count). The van der Waals surface area contributed by atoms with Gasteiger partial charge in [-0.2, -0.15) is 0 Å². The Morgan fingerprint density at radius 2 is 2.14 bits per heavy atom. The Hall–Kier alpha value is -0.850. The third-order valence-corrected chi connectivity index (χ3v) is 4.03. The van der Waals surface area contributed by atoms with E-state index >= 15 is 0 Å². The molecule has 5 nitrogen and oxygen atoms in total. The van der Waals surface area contributed by atoms with Gasteiger partial charge in [-0.15, -0.1) is 0 Å². The van der Waals surface area contributed by atoms with Crippen molar-refractivity contribution in [1.29, 1.82) is 0 Å². The summed E-state index contributed by atoms with van der Waals surface area (Å²) in [5.74, 6) is 0.0103. The van der Waals surface area contributed by atoms with Gasteiger partial charge in [0.1, 0.15) is 5.69 Å². The first kappa shape index (κ1) is 16.5. The number of carbonyl (C=O) groups excluding carboxylic acids is 1. The highest BCUT2D eigenvalue weighted by molar-refractivity contribution is 9.10. The Bertz CT molecular complexity index is 456. The lowest BCUT2D eigenvalue weighted by atomic mass is 10.3. The number of hydrogen-bond acceptors (Lipinski definition) is 3. The second-order valence-electron chi connectivity index (χ2n) is 5.30. The molecular weight excluding hydrogens is 334 g/mol. The molecule has 1 aliphatic heterocycles. The fraction of sp³-hybridized carbons (Fsp3) is 0.667. The molecule has 1 fully saturated rings. The maximum atomic E-state index is 12.2. The van der Waals surface area contributed by atoms with Crippen LogP contribution in [-0.4, -0.2) is 54.8 Å². The second kappa shape index (κ2) is 8.56. The lowest BCUT2D eigenvalue weighted by Crippen LogP contribution is -2.38. The zero-order valence-electron chi connectivity index (χ0n) is 12.6. The van der Waals surface area contributed by atoms with Crippen LogP contribution in [0.15, 0.2) is 16.7 Å². The molecule has 118 valence electrons. The minimum absolute atomic E-state index is 0.0103. The fourth-order valence-electron chi connectivity index (χ4n) is 2.51. The number of rotatable bonds is 7. The normalized spacial score (nSPS) is 16.1. The number of aromatic nitrogens is 1. The molecule has 0 aromatic carbocycles. The Balaban J connectivity index is 1.73. The molecule has 0 radical (unpaired) electrons. The van der Waals surface area contributed by atoms with E-state index in [4.69, 9.17) is 4.74 Å². The highest BCUT2D eigenvalue weighted by Gasteiger charge is 2.13.